The van der Waals surface area contributed by atoms with Crippen LogP contribution in [0.4, 0.5) is 0 Å². The Morgan fingerprint density at radius 3 is 1.94 bits per heavy atom. The first-order valence-corrected chi connectivity index (χ1v) is 7.31. The second kappa shape index (κ2) is 5.85. The maximum atomic E-state index is 12.0. The lowest BCUT2D eigenvalue weighted by molar-refractivity contribution is 0.307. The Balaban J connectivity index is 5.25. The molecule has 0 bridgehead atoms. The van der Waals surface area contributed by atoms with E-state index in [4.69, 9.17) is 10.9 Å². The number of nitrogens with zero attached hydrogens (tertiary/aromatic N) is 1. The Hall–Kier alpha value is -0.860. The van der Waals surface area contributed by atoms with Gasteiger partial charge in [0.05, 0.1) is 5.54 Å². The lowest BCUT2D eigenvalue weighted by Crippen LogP contribution is -2.61. The van der Waals surface area contributed by atoms with Gasteiger partial charge in [-0.2, -0.15) is 17.9 Å². The van der Waals surface area contributed by atoms with Crippen LogP contribution in [-0.2, 0) is 10.2 Å². The fourth-order valence-electron chi connectivity index (χ4n) is 1.59. The van der Waals surface area contributed by atoms with E-state index in [1.54, 1.807) is 34.6 Å². The first-order chi connectivity index (χ1) is 8.02. The number of nitrogens with two attached hydrogens (primary N) is 1. The van der Waals surface area contributed by atoms with E-state index >= 15 is 0 Å². The van der Waals surface area contributed by atoms with Gasteiger partial charge in [0.2, 0.25) is 0 Å². The van der Waals surface area contributed by atoms with Gasteiger partial charge in [0.25, 0.3) is 10.2 Å². The molecule has 0 spiro atoms. The summed E-state index contributed by atoms with van der Waals surface area (Å²) in [5.41, 5.74) is 3.90. The number of hydrogen-bond acceptors (Lipinski definition) is 4. The maximum absolute atomic E-state index is 12.0. The summed E-state index contributed by atoms with van der Waals surface area (Å²) in [5, 5.41) is 11.7. The topological polar surface area (TPSA) is 117 Å². The SMILES string of the molecule is CCC(CC)(NS(=O)(=O)NC(C)(C)C)C(N)=NO. The van der Waals surface area contributed by atoms with E-state index in [0.717, 1.165) is 0 Å². The molecule has 0 aliphatic rings. The van der Waals surface area contributed by atoms with Crippen molar-refractivity contribution in [3.8, 4) is 0 Å². The third kappa shape index (κ3) is 4.79. The predicted molar refractivity (Wildman–Crippen MR) is 71.7 cm³/mol. The molecular formula is C10H24N4O3S. The summed E-state index contributed by atoms with van der Waals surface area (Å²) in [6.07, 6.45) is 0.759. The summed E-state index contributed by atoms with van der Waals surface area (Å²) in [4.78, 5) is 0. The van der Waals surface area contributed by atoms with Gasteiger partial charge < -0.3 is 10.9 Å². The van der Waals surface area contributed by atoms with Gasteiger partial charge >= 0.3 is 0 Å². The molecule has 0 radical (unpaired) electrons. The average Bonchev–Trinajstić information content (AvgIpc) is 2.21. The summed E-state index contributed by atoms with van der Waals surface area (Å²) < 4.78 is 28.9. The van der Waals surface area contributed by atoms with E-state index in [1.165, 1.54) is 0 Å². The Morgan fingerprint density at radius 1 is 1.22 bits per heavy atom. The van der Waals surface area contributed by atoms with Crippen molar-refractivity contribution in [1.29, 1.82) is 0 Å². The second-order valence-electron chi connectivity index (χ2n) is 5.23. The van der Waals surface area contributed by atoms with Crippen molar-refractivity contribution in [2.45, 2.75) is 58.5 Å². The summed E-state index contributed by atoms with van der Waals surface area (Å²) in [5.74, 6) is -0.146. The monoisotopic (exact) mass is 280 g/mol. The van der Waals surface area contributed by atoms with E-state index in [0.29, 0.717) is 12.8 Å². The van der Waals surface area contributed by atoms with Gasteiger partial charge in [-0.1, -0.05) is 19.0 Å². The quantitative estimate of drug-likeness (QED) is 0.245. The minimum Gasteiger partial charge on any atom is -0.409 e. The van der Waals surface area contributed by atoms with Crippen LogP contribution in [0.15, 0.2) is 5.16 Å². The molecule has 0 atom stereocenters. The molecule has 0 saturated heterocycles. The van der Waals surface area contributed by atoms with E-state index in [-0.39, 0.29) is 5.84 Å². The molecule has 5 N–H and O–H groups in total. The van der Waals surface area contributed by atoms with Crippen molar-refractivity contribution in [3.63, 3.8) is 0 Å². The third-order valence-electron chi connectivity index (χ3n) is 2.58. The molecule has 0 aromatic carbocycles. The minimum atomic E-state index is -3.75. The fraction of sp³-hybridized carbons (Fsp3) is 0.900. The zero-order valence-electron chi connectivity index (χ0n) is 11.6. The molecule has 0 aliphatic heterocycles. The number of hydrogen-bond donors (Lipinski definition) is 4. The summed E-state index contributed by atoms with van der Waals surface area (Å²) in [7, 11) is -3.75. The zero-order chi connectivity index (χ0) is 14.6. The van der Waals surface area contributed by atoms with Gasteiger partial charge in [0, 0.05) is 5.54 Å². The standard InChI is InChI=1S/C10H24N4O3S/c1-6-10(7-2,8(11)12-15)14-18(16,17)13-9(3,4)5/h13-15H,6-7H2,1-5H3,(H2,11,12). The first-order valence-electron chi connectivity index (χ1n) is 5.83. The number of oxime groups is 1. The van der Waals surface area contributed by atoms with Crippen LogP contribution >= 0.6 is 0 Å². The summed E-state index contributed by atoms with van der Waals surface area (Å²) >= 11 is 0. The van der Waals surface area contributed by atoms with Crippen molar-refractivity contribution in [1.82, 2.24) is 9.44 Å². The van der Waals surface area contributed by atoms with Crippen molar-refractivity contribution in [3.05, 3.63) is 0 Å². The first kappa shape index (κ1) is 17.1. The lowest BCUT2D eigenvalue weighted by atomic mass is 9.93. The highest BCUT2D eigenvalue weighted by Crippen LogP contribution is 2.17. The van der Waals surface area contributed by atoms with Crippen LogP contribution < -0.4 is 15.2 Å². The van der Waals surface area contributed by atoms with E-state index < -0.39 is 21.3 Å². The second-order valence-corrected chi connectivity index (χ2v) is 6.65. The predicted octanol–water partition coefficient (Wildman–Crippen LogP) is 0.514. The lowest BCUT2D eigenvalue weighted by Gasteiger charge is -2.32. The van der Waals surface area contributed by atoms with Gasteiger partial charge in [-0.25, -0.2) is 0 Å². The van der Waals surface area contributed by atoms with Gasteiger partial charge in [-0.15, -0.1) is 0 Å². The normalized spacial score (nSPS) is 14.8. The van der Waals surface area contributed by atoms with Gasteiger partial charge in [0.15, 0.2) is 5.84 Å². The van der Waals surface area contributed by atoms with E-state index in [9.17, 15) is 8.42 Å². The fourth-order valence-corrected chi connectivity index (χ4v) is 3.36. The highest BCUT2D eigenvalue weighted by molar-refractivity contribution is 7.87. The van der Waals surface area contributed by atoms with Gasteiger partial charge in [0.1, 0.15) is 0 Å². The van der Waals surface area contributed by atoms with E-state index in [1.807, 2.05) is 0 Å². The number of nitrogens with one attached hydrogen (secondary N) is 2. The Kier molecular flexibility index (Phi) is 5.57. The van der Waals surface area contributed by atoms with Crippen molar-refractivity contribution in [2.24, 2.45) is 10.9 Å². The molecular weight excluding hydrogens is 256 g/mol. The molecule has 0 amide bonds. The molecule has 0 fully saturated rings. The van der Waals surface area contributed by atoms with E-state index in [2.05, 4.69) is 14.6 Å². The smallest absolute Gasteiger partial charge is 0.278 e. The average molecular weight is 280 g/mol. The molecule has 0 heterocycles. The van der Waals surface area contributed by atoms with Gasteiger partial charge in [-0.3, -0.25) is 0 Å². The van der Waals surface area contributed by atoms with Crippen LogP contribution in [0.1, 0.15) is 47.5 Å². The minimum absolute atomic E-state index is 0.146. The highest BCUT2D eigenvalue weighted by atomic mass is 32.2. The van der Waals surface area contributed by atoms with Crippen molar-refractivity contribution in [2.75, 3.05) is 0 Å². The van der Waals surface area contributed by atoms with Gasteiger partial charge in [-0.05, 0) is 33.6 Å². The van der Waals surface area contributed by atoms with Crippen LogP contribution in [0.25, 0.3) is 0 Å². The Morgan fingerprint density at radius 2 is 1.67 bits per heavy atom. The molecule has 0 saturated carbocycles. The molecule has 8 heteroatoms. The largest absolute Gasteiger partial charge is 0.409 e. The van der Waals surface area contributed by atoms with Crippen LogP contribution in [0.3, 0.4) is 0 Å². The summed E-state index contributed by atoms with van der Waals surface area (Å²) in [6, 6.07) is 0. The Labute approximate surface area is 109 Å². The van der Waals surface area contributed by atoms with Crippen LogP contribution in [0.5, 0.6) is 0 Å². The summed E-state index contributed by atoms with van der Waals surface area (Å²) in [6.45, 7) is 8.72. The van der Waals surface area contributed by atoms with Crippen molar-refractivity contribution >= 4 is 16.0 Å². The molecule has 0 aliphatic carbocycles. The molecule has 18 heavy (non-hydrogen) atoms. The molecule has 0 unspecified atom stereocenters. The molecule has 0 rings (SSSR count). The molecule has 108 valence electrons. The van der Waals surface area contributed by atoms with Crippen molar-refractivity contribution < 1.29 is 13.6 Å². The van der Waals surface area contributed by atoms with Crippen LogP contribution in [0.2, 0.25) is 0 Å². The Bertz CT molecular complexity index is 394. The maximum Gasteiger partial charge on any atom is 0.278 e. The van der Waals surface area contributed by atoms with Crippen LogP contribution in [0, 0.1) is 0 Å². The number of amidine groups is 1. The zero-order valence-corrected chi connectivity index (χ0v) is 12.4. The number of rotatable bonds is 6. The third-order valence-corrected chi connectivity index (χ3v) is 4.12. The molecule has 0 aromatic rings. The molecule has 7 nitrogen and oxygen atoms in total. The molecule has 0 aromatic heterocycles. The highest BCUT2D eigenvalue weighted by Gasteiger charge is 2.37. The van der Waals surface area contributed by atoms with Crippen LogP contribution in [-0.4, -0.2) is 30.5 Å².